The van der Waals surface area contributed by atoms with E-state index in [9.17, 15) is 9.59 Å². The fraction of sp³-hybridized carbons (Fsp3) is 0.222. The van der Waals surface area contributed by atoms with Crippen LogP contribution in [0.1, 0.15) is 12.8 Å². The minimum atomic E-state index is -0.314. The van der Waals surface area contributed by atoms with Gasteiger partial charge in [-0.3, -0.25) is 9.36 Å². The molecule has 8 nitrogen and oxygen atoms in total. The number of carbonyl (C=O) groups is 2. The van der Waals surface area contributed by atoms with Gasteiger partial charge in [-0.1, -0.05) is 29.8 Å². The van der Waals surface area contributed by atoms with Crippen molar-refractivity contribution < 1.29 is 14.3 Å². The van der Waals surface area contributed by atoms with Gasteiger partial charge >= 0.3 is 6.03 Å². The van der Waals surface area contributed by atoms with E-state index in [4.69, 9.17) is 16.3 Å². The molecule has 9 heteroatoms. The Morgan fingerprint density at radius 1 is 1.00 bits per heavy atom. The number of pyridine rings is 1. The van der Waals surface area contributed by atoms with Crippen molar-refractivity contribution in [2.75, 3.05) is 30.8 Å². The number of benzene rings is 2. The average molecular weight is 504 g/mol. The van der Waals surface area contributed by atoms with Gasteiger partial charge in [0.1, 0.15) is 17.3 Å². The molecule has 1 fully saturated rings. The van der Waals surface area contributed by atoms with Crippen LogP contribution in [0.5, 0.6) is 11.5 Å². The van der Waals surface area contributed by atoms with Crippen molar-refractivity contribution in [1.82, 2.24) is 14.5 Å². The second-order valence-corrected chi connectivity index (χ2v) is 9.28. The van der Waals surface area contributed by atoms with E-state index in [-0.39, 0.29) is 17.9 Å². The van der Waals surface area contributed by atoms with Crippen LogP contribution in [0.15, 0.2) is 73.1 Å². The number of carbonyl (C=O) groups excluding carboxylic acids is 2. The number of aromatic nitrogens is 2. The molecule has 4 aromatic rings. The highest BCUT2D eigenvalue weighted by Gasteiger charge is 2.23. The molecule has 0 atom stereocenters. The zero-order valence-corrected chi connectivity index (χ0v) is 20.5. The smallest absolute Gasteiger partial charge is 0.330 e. The minimum absolute atomic E-state index is 0.0137. The molecule has 5 rings (SSSR count). The number of anilines is 2. The van der Waals surface area contributed by atoms with Crippen LogP contribution in [-0.2, 0) is 4.79 Å². The zero-order chi connectivity index (χ0) is 25.1. The number of halogens is 1. The second-order valence-electron chi connectivity index (χ2n) is 8.87. The van der Waals surface area contributed by atoms with Crippen LogP contribution in [0.2, 0.25) is 5.02 Å². The van der Waals surface area contributed by atoms with Crippen molar-refractivity contribution in [2.45, 2.75) is 12.8 Å². The predicted molar refractivity (Wildman–Crippen MR) is 141 cm³/mol. The van der Waals surface area contributed by atoms with E-state index >= 15 is 0 Å². The van der Waals surface area contributed by atoms with Gasteiger partial charge in [0.2, 0.25) is 5.91 Å². The Hall–Kier alpha value is -3.88. The lowest BCUT2D eigenvalue weighted by atomic mass is 9.96. The molecule has 3 heterocycles. The second kappa shape index (κ2) is 10.4. The topological polar surface area (TPSA) is 88.5 Å². The predicted octanol–water partition coefficient (Wildman–Crippen LogP) is 5.84. The minimum Gasteiger partial charge on any atom is -0.457 e. The fourth-order valence-corrected chi connectivity index (χ4v) is 4.53. The molecule has 184 valence electrons. The molecule has 1 aliphatic heterocycles. The summed E-state index contributed by atoms with van der Waals surface area (Å²) in [5, 5.41) is 6.88. The first-order chi connectivity index (χ1) is 17.5. The highest BCUT2D eigenvalue weighted by Crippen LogP contribution is 2.32. The summed E-state index contributed by atoms with van der Waals surface area (Å²) in [7, 11) is 2.06. The van der Waals surface area contributed by atoms with Crippen LogP contribution in [0.3, 0.4) is 0 Å². The van der Waals surface area contributed by atoms with Gasteiger partial charge in [-0.2, -0.15) is 0 Å². The lowest BCUT2D eigenvalue weighted by Crippen LogP contribution is -2.36. The average Bonchev–Trinajstić information content (AvgIpc) is 3.21. The molecule has 0 radical (unpaired) electrons. The molecular formula is C27H26ClN5O3. The Balaban J connectivity index is 1.29. The van der Waals surface area contributed by atoms with E-state index < -0.39 is 0 Å². The summed E-state index contributed by atoms with van der Waals surface area (Å²) >= 11 is 6.45. The van der Waals surface area contributed by atoms with Gasteiger partial charge in [0.25, 0.3) is 0 Å². The number of hydrogen-bond donors (Lipinski definition) is 2. The number of nitrogens with zero attached hydrogens (tertiary/aromatic N) is 3. The quantitative estimate of drug-likeness (QED) is 0.357. The van der Waals surface area contributed by atoms with Crippen LogP contribution in [0.25, 0.3) is 10.9 Å². The van der Waals surface area contributed by atoms with Gasteiger partial charge in [0.05, 0.1) is 10.5 Å². The number of amides is 2. The molecule has 0 saturated carbocycles. The fourth-order valence-electron chi connectivity index (χ4n) is 4.28. The van der Waals surface area contributed by atoms with Gasteiger partial charge in [0, 0.05) is 35.5 Å². The molecule has 2 N–H and O–H groups in total. The van der Waals surface area contributed by atoms with E-state index in [1.807, 2.05) is 30.3 Å². The summed E-state index contributed by atoms with van der Waals surface area (Å²) in [5.41, 5.74) is 1.35. The van der Waals surface area contributed by atoms with Crippen molar-refractivity contribution in [1.29, 1.82) is 0 Å². The molecule has 1 aliphatic rings. The Kier molecular flexibility index (Phi) is 6.88. The van der Waals surface area contributed by atoms with Crippen LogP contribution in [-0.4, -0.2) is 46.5 Å². The number of hydrogen-bond acceptors (Lipinski definition) is 5. The van der Waals surface area contributed by atoms with Gasteiger partial charge in [-0.05, 0) is 69.4 Å². The van der Waals surface area contributed by atoms with Crippen molar-refractivity contribution in [2.24, 2.45) is 5.92 Å². The number of likely N-dealkylation sites (tertiary alicyclic amines) is 1. The summed E-state index contributed by atoms with van der Waals surface area (Å²) in [6, 6.07) is 17.6. The van der Waals surface area contributed by atoms with Gasteiger partial charge in [-0.15, -0.1) is 0 Å². The summed E-state index contributed by atoms with van der Waals surface area (Å²) in [4.78, 5) is 31.9. The van der Waals surface area contributed by atoms with Crippen molar-refractivity contribution in [3.05, 3.63) is 78.1 Å². The van der Waals surface area contributed by atoms with E-state index in [0.29, 0.717) is 38.9 Å². The first-order valence-corrected chi connectivity index (χ1v) is 12.1. The summed E-state index contributed by atoms with van der Waals surface area (Å²) in [5.74, 6) is 1.49. The Labute approximate surface area is 213 Å². The summed E-state index contributed by atoms with van der Waals surface area (Å²) in [6.07, 6.45) is 4.84. The molecular weight excluding hydrogens is 478 g/mol. The molecule has 0 spiro atoms. The van der Waals surface area contributed by atoms with E-state index in [1.54, 1.807) is 42.7 Å². The third-order valence-corrected chi connectivity index (χ3v) is 6.58. The maximum atomic E-state index is 12.8. The van der Waals surface area contributed by atoms with Crippen LogP contribution >= 0.6 is 11.6 Å². The molecule has 2 aromatic heterocycles. The molecule has 2 amide bonds. The highest BCUT2D eigenvalue weighted by atomic mass is 35.5. The lowest BCUT2D eigenvalue weighted by Gasteiger charge is -2.27. The summed E-state index contributed by atoms with van der Waals surface area (Å²) in [6.45, 7) is 1.82. The number of rotatable bonds is 5. The Morgan fingerprint density at radius 2 is 1.75 bits per heavy atom. The number of nitrogens with one attached hydrogen (secondary N) is 2. The third-order valence-electron chi connectivity index (χ3n) is 6.28. The van der Waals surface area contributed by atoms with E-state index in [0.717, 1.165) is 25.9 Å². The van der Waals surface area contributed by atoms with E-state index in [2.05, 4.69) is 27.6 Å². The number of para-hydroxylation sites is 1. The van der Waals surface area contributed by atoms with Gasteiger partial charge < -0.3 is 20.3 Å². The van der Waals surface area contributed by atoms with Crippen LogP contribution < -0.4 is 15.4 Å². The number of ether oxygens (including phenoxy) is 1. The normalized spacial score (nSPS) is 14.5. The van der Waals surface area contributed by atoms with Crippen LogP contribution in [0, 0.1) is 5.92 Å². The third kappa shape index (κ3) is 5.35. The Bertz CT molecular complexity index is 1400. The maximum absolute atomic E-state index is 12.8. The zero-order valence-electron chi connectivity index (χ0n) is 19.8. The van der Waals surface area contributed by atoms with Crippen molar-refractivity contribution in [3.63, 3.8) is 0 Å². The molecule has 1 saturated heterocycles. The monoisotopic (exact) mass is 503 g/mol. The first-order valence-electron chi connectivity index (χ1n) is 11.8. The summed E-state index contributed by atoms with van der Waals surface area (Å²) < 4.78 is 7.49. The Morgan fingerprint density at radius 3 is 2.53 bits per heavy atom. The first kappa shape index (κ1) is 23.8. The lowest BCUT2D eigenvalue weighted by molar-refractivity contribution is -0.121. The number of piperidine rings is 1. The number of fused-ring (bicyclic) bond motifs is 1. The van der Waals surface area contributed by atoms with Crippen molar-refractivity contribution in [3.8, 4) is 11.5 Å². The van der Waals surface area contributed by atoms with Crippen molar-refractivity contribution >= 4 is 45.9 Å². The molecule has 0 bridgehead atoms. The highest BCUT2D eigenvalue weighted by molar-refractivity contribution is 6.36. The molecule has 36 heavy (non-hydrogen) atoms. The molecule has 0 unspecified atom stereocenters. The largest absolute Gasteiger partial charge is 0.457 e. The molecule has 2 aromatic carbocycles. The SMILES string of the molecule is CN1CCC(C(=O)Nc2cc(Oc3ccc4c(c3)c(Cl)cn4C(=O)Nc3ccccc3)ccn2)CC1. The molecule has 0 aliphatic carbocycles. The van der Waals surface area contributed by atoms with Crippen LogP contribution in [0.4, 0.5) is 16.3 Å². The van der Waals surface area contributed by atoms with Gasteiger partial charge in [-0.25, -0.2) is 9.78 Å². The maximum Gasteiger partial charge on any atom is 0.330 e. The van der Waals surface area contributed by atoms with E-state index in [1.165, 1.54) is 4.57 Å². The standard InChI is InChI=1S/C27H26ClN5O3/c1-32-13-10-18(11-14-32)26(34)31-25-16-21(9-12-29-25)36-20-7-8-24-22(15-20)23(28)17-33(24)27(35)30-19-5-3-2-4-6-19/h2-9,12,15-18H,10-11,13-14H2,1H3,(H,30,35)(H,29,31,34). The van der Waals surface area contributed by atoms with Gasteiger partial charge in [0.15, 0.2) is 0 Å².